The maximum Gasteiger partial charge on any atom is 0.258 e. The Morgan fingerprint density at radius 3 is 2.53 bits per heavy atom. The van der Waals surface area contributed by atoms with Gasteiger partial charge in [-0.2, -0.15) is 0 Å². The molecule has 98 valence electrons. The van der Waals surface area contributed by atoms with Crippen LogP contribution in [0.5, 0.6) is 0 Å². The highest BCUT2D eigenvalue weighted by atomic mass is 35.5. The minimum absolute atomic E-state index is 0.133. The second-order valence-corrected chi connectivity index (χ2v) is 4.64. The number of anilines is 2. The zero-order valence-electron chi connectivity index (χ0n) is 9.58. The molecule has 6 heteroatoms. The monoisotopic (exact) mass is 298 g/mol. The first-order valence-electron chi connectivity index (χ1n) is 5.29. The van der Waals surface area contributed by atoms with Crippen molar-refractivity contribution in [2.24, 2.45) is 0 Å². The number of halogens is 3. The van der Waals surface area contributed by atoms with Crippen LogP contribution < -0.4 is 11.1 Å². The van der Waals surface area contributed by atoms with E-state index in [9.17, 15) is 9.18 Å². The summed E-state index contributed by atoms with van der Waals surface area (Å²) in [5, 5.41) is 3.19. The molecule has 0 bridgehead atoms. The van der Waals surface area contributed by atoms with E-state index in [1.54, 1.807) is 6.07 Å². The van der Waals surface area contributed by atoms with Crippen molar-refractivity contribution < 1.29 is 9.18 Å². The predicted octanol–water partition coefficient (Wildman–Crippen LogP) is 3.97. The normalized spacial score (nSPS) is 10.3. The van der Waals surface area contributed by atoms with Crippen molar-refractivity contribution >= 4 is 40.5 Å². The maximum atomic E-state index is 13.5. The molecule has 3 N–H and O–H groups in total. The highest BCUT2D eigenvalue weighted by molar-refractivity contribution is 6.42. The maximum absolute atomic E-state index is 13.5. The molecule has 3 nitrogen and oxygen atoms in total. The molecule has 0 radical (unpaired) electrons. The van der Waals surface area contributed by atoms with E-state index in [0.717, 1.165) is 6.07 Å². The molecule has 0 saturated carbocycles. The summed E-state index contributed by atoms with van der Waals surface area (Å²) in [6.45, 7) is 0. The van der Waals surface area contributed by atoms with Crippen LogP contribution in [0.25, 0.3) is 0 Å². The molecule has 0 atom stereocenters. The van der Waals surface area contributed by atoms with Crippen LogP contribution in [0, 0.1) is 5.82 Å². The van der Waals surface area contributed by atoms with Crippen molar-refractivity contribution in [3.63, 3.8) is 0 Å². The molecule has 0 heterocycles. The Balaban J connectivity index is 2.25. The van der Waals surface area contributed by atoms with Crippen molar-refractivity contribution in [3.8, 4) is 0 Å². The fraction of sp³-hybridized carbons (Fsp3) is 0. The van der Waals surface area contributed by atoms with Crippen molar-refractivity contribution in [2.45, 2.75) is 0 Å². The molecule has 0 fully saturated rings. The van der Waals surface area contributed by atoms with Crippen molar-refractivity contribution in [1.82, 2.24) is 0 Å². The smallest absolute Gasteiger partial charge is 0.258 e. The summed E-state index contributed by atoms with van der Waals surface area (Å²) in [5.41, 5.74) is 6.11. The summed E-state index contributed by atoms with van der Waals surface area (Å²) < 4.78 is 13.5. The van der Waals surface area contributed by atoms with Crippen LogP contribution >= 0.6 is 23.2 Å². The van der Waals surface area contributed by atoms with Gasteiger partial charge in [-0.1, -0.05) is 23.2 Å². The molecule has 0 aromatic heterocycles. The van der Waals surface area contributed by atoms with Crippen LogP contribution in [0.2, 0.25) is 10.0 Å². The Hall–Kier alpha value is -1.78. The van der Waals surface area contributed by atoms with Crippen LogP contribution in [-0.2, 0) is 0 Å². The Bertz CT molecular complexity index is 647. The SMILES string of the molecule is Nc1ccc(F)c(C(=O)Nc2ccc(Cl)c(Cl)c2)c1. The van der Waals surface area contributed by atoms with Crippen LogP contribution in [0.1, 0.15) is 10.4 Å². The Kier molecular flexibility index (Phi) is 3.93. The Morgan fingerprint density at radius 2 is 1.84 bits per heavy atom. The van der Waals surface area contributed by atoms with Gasteiger partial charge < -0.3 is 11.1 Å². The molecule has 0 spiro atoms. The molecule has 0 saturated heterocycles. The summed E-state index contributed by atoms with van der Waals surface area (Å²) in [7, 11) is 0. The first-order valence-corrected chi connectivity index (χ1v) is 6.04. The van der Waals surface area contributed by atoms with Crippen LogP contribution in [0.3, 0.4) is 0 Å². The average Bonchev–Trinajstić information content (AvgIpc) is 2.36. The molecular formula is C13H9Cl2FN2O. The number of nitrogens with two attached hydrogens (primary N) is 1. The number of benzene rings is 2. The number of rotatable bonds is 2. The topological polar surface area (TPSA) is 55.1 Å². The lowest BCUT2D eigenvalue weighted by Gasteiger charge is -2.07. The first-order chi connectivity index (χ1) is 8.97. The van der Waals surface area contributed by atoms with E-state index >= 15 is 0 Å². The van der Waals surface area contributed by atoms with E-state index in [1.807, 2.05) is 0 Å². The van der Waals surface area contributed by atoms with Crippen molar-refractivity contribution in [3.05, 3.63) is 57.8 Å². The van der Waals surface area contributed by atoms with Gasteiger partial charge in [0, 0.05) is 11.4 Å². The molecule has 0 aliphatic heterocycles. The third-order valence-electron chi connectivity index (χ3n) is 2.41. The lowest BCUT2D eigenvalue weighted by molar-refractivity contribution is 0.102. The molecule has 19 heavy (non-hydrogen) atoms. The van der Waals surface area contributed by atoms with Crippen molar-refractivity contribution in [2.75, 3.05) is 11.1 Å². The lowest BCUT2D eigenvalue weighted by Crippen LogP contribution is -2.14. The zero-order chi connectivity index (χ0) is 14.0. The van der Waals surface area contributed by atoms with Crippen LogP contribution in [-0.4, -0.2) is 5.91 Å². The number of carbonyl (C=O) groups is 1. The number of amides is 1. The van der Waals surface area contributed by atoms with E-state index in [4.69, 9.17) is 28.9 Å². The molecule has 0 aliphatic rings. The number of nitrogens with one attached hydrogen (secondary N) is 1. The fourth-order valence-electron chi connectivity index (χ4n) is 1.49. The summed E-state index contributed by atoms with van der Waals surface area (Å²) >= 11 is 11.6. The minimum atomic E-state index is -0.647. The van der Waals surface area contributed by atoms with Gasteiger partial charge in [0.25, 0.3) is 5.91 Å². The highest BCUT2D eigenvalue weighted by Gasteiger charge is 2.12. The Labute approximate surface area is 119 Å². The van der Waals surface area contributed by atoms with Gasteiger partial charge >= 0.3 is 0 Å². The minimum Gasteiger partial charge on any atom is -0.399 e. The predicted molar refractivity (Wildman–Crippen MR) is 75.2 cm³/mol. The average molecular weight is 299 g/mol. The number of hydrogen-bond acceptors (Lipinski definition) is 2. The third kappa shape index (κ3) is 3.16. The standard InChI is InChI=1S/C13H9Cl2FN2O/c14-10-3-2-8(6-11(10)15)18-13(19)9-5-7(17)1-4-12(9)16/h1-6H,17H2,(H,18,19). The van der Waals surface area contributed by atoms with Gasteiger partial charge in [-0.3, -0.25) is 4.79 Å². The molecule has 1 amide bonds. The van der Waals surface area contributed by atoms with Crippen LogP contribution in [0.4, 0.5) is 15.8 Å². The van der Waals surface area contributed by atoms with Gasteiger partial charge in [-0.15, -0.1) is 0 Å². The summed E-state index contributed by atoms with van der Waals surface area (Å²) in [6.07, 6.45) is 0. The molecule has 0 unspecified atom stereocenters. The van der Waals surface area contributed by atoms with Gasteiger partial charge in [0.1, 0.15) is 5.82 Å². The third-order valence-corrected chi connectivity index (χ3v) is 3.15. The summed E-state index contributed by atoms with van der Waals surface area (Å²) in [6, 6.07) is 8.37. The first kappa shape index (κ1) is 13.6. The van der Waals surface area contributed by atoms with Gasteiger partial charge in [-0.25, -0.2) is 4.39 Å². The van der Waals surface area contributed by atoms with Gasteiger partial charge in [0.15, 0.2) is 0 Å². The van der Waals surface area contributed by atoms with E-state index < -0.39 is 11.7 Å². The summed E-state index contributed by atoms with van der Waals surface area (Å²) in [5.74, 6) is -1.25. The number of carbonyl (C=O) groups excluding carboxylic acids is 1. The second-order valence-electron chi connectivity index (χ2n) is 3.82. The van der Waals surface area contributed by atoms with E-state index in [-0.39, 0.29) is 5.56 Å². The fourth-order valence-corrected chi connectivity index (χ4v) is 1.79. The summed E-state index contributed by atoms with van der Waals surface area (Å²) in [4.78, 5) is 11.9. The lowest BCUT2D eigenvalue weighted by atomic mass is 10.1. The van der Waals surface area contributed by atoms with Gasteiger partial charge in [-0.05, 0) is 36.4 Å². The van der Waals surface area contributed by atoms with Crippen LogP contribution in [0.15, 0.2) is 36.4 Å². The quantitative estimate of drug-likeness (QED) is 0.824. The number of nitrogen functional groups attached to an aromatic ring is 1. The van der Waals surface area contributed by atoms with Gasteiger partial charge in [0.05, 0.1) is 15.6 Å². The number of hydrogen-bond donors (Lipinski definition) is 2. The van der Waals surface area contributed by atoms with E-state index in [0.29, 0.717) is 21.4 Å². The molecule has 2 aromatic rings. The molecular weight excluding hydrogens is 290 g/mol. The Morgan fingerprint density at radius 1 is 1.11 bits per heavy atom. The molecule has 0 aliphatic carbocycles. The van der Waals surface area contributed by atoms with E-state index in [1.165, 1.54) is 24.3 Å². The zero-order valence-corrected chi connectivity index (χ0v) is 11.1. The van der Waals surface area contributed by atoms with Gasteiger partial charge in [0.2, 0.25) is 0 Å². The second kappa shape index (κ2) is 5.47. The molecule has 2 aromatic carbocycles. The molecule has 2 rings (SSSR count). The van der Waals surface area contributed by atoms with Crippen molar-refractivity contribution in [1.29, 1.82) is 0 Å². The largest absolute Gasteiger partial charge is 0.399 e. The van der Waals surface area contributed by atoms with E-state index in [2.05, 4.69) is 5.32 Å². The highest BCUT2D eigenvalue weighted by Crippen LogP contribution is 2.25.